The first-order valence-corrected chi connectivity index (χ1v) is 5.50. The minimum atomic E-state index is -0.285. The quantitative estimate of drug-likeness (QED) is 0.867. The molecule has 1 aromatic carbocycles. The fourth-order valence-electron chi connectivity index (χ4n) is 1.29. The van der Waals surface area contributed by atoms with Crippen LogP contribution in [-0.2, 0) is 13.7 Å². The van der Waals surface area contributed by atoms with E-state index in [0.717, 1.165) is 5.56 Å². The van der Waals surface area contributed by atoms with Gasteiger partial charge in [0.15, 0.2) is 5.75 Å². The van der Waals surface area contributed by atoms with E-state index in [9.17, 15) is 4.39 Å². The van der Waals surface area contributed by atoms with Crippen molar-refractivity contribution in [1.82, 2.24) is 9.78 Å². The minimum Gasteiger partial charge on any atom is -0.486 e. The second-order valence-corrected chi connectivity index (χ2v) is 4.14. The summed E-state index contributed by atoms with van der Waals surface area (Å²) in [7, 11) is 1.81. The Morgan fingerprint density at radius 3 is 3.00 bits per heavy atom. The van der Waals surface area contributed by atoms with Crippen molar-refractivity contribution >= 4 is 15.9 Å². The van der Waals surface area contributed by atoms with Crippen LogP contribution < -0.4 is 4.74 Å². The third-order valence-electron chi connectivity index (χ3n) is 2.11. The van der Waals surface area contributed by atoms with Gasteiger partial charge in [-0.2, -0.15) is 5.10 Å². The molecule has 0 aliphatic carbocycles. The monoisotopic (exact) mass is 284 g/mol. The summed E-state index contributed by atoms with van der Waals surface area (Å²) in [4.78, 5) is 0. The predicted octanol–water partition coefficient (Wildman–Crippen LogP) is 2.90. The van der Waals surface area contributed by atoms with E-state index in [1.807, 2.05) is 13.1 Å². The van der Waals surface area contributed by atoms with Crippen molar-refractivity contribution in [1.29, 1.82) is 0 Å². The number of aromatic nitrogens is 2. The molecule has 2 aromatic rings. The Labute approximate surface area is 101 Å². The summed E-state index contributed by atoms with van der Waals surface area (Å²) in [6.07, 6.45) is 3.38. The third kappa shape index (κ3) is 2.41. The van der Waals surface area contributed by atoms with Gasteiger partial charge < -0.3 is 4.74 Å². The molecule has 2 rings (SSSR count). The average Bonchev–Trinajstić information content (AvgIpc) is 2.67. The third-order valence-corrected chi connectivity index (χ3v) is 3.00. The van der Waals surface area contributed by atoms with Crippen LogP contribution in [0.4, 0.5) is 4.39 Å². The predicted molar refractivity (Wildman–Crippen MR) is 61.6 cm³/mol. The van der Waals surface area contributed by atoms with Crippen LogP contribution in [0.2, 0.25) is 0 Å². The highest BCUT2D eigenvalue weighted by Crippen LogP contribution is 2.21. The van der Waals surface area contributed by atoms with E-state index in [1.165, 1.54) is 6.07 Å². The molecule has 0 aliphatic rings. The van der Waals surface area contributed by atoms with Crippen LogP contribution in [0.15, 0.2) is 35.1 Å². The lowest BCUT2D eigenvalue weighted by atomic mass is 10.2. The van der Waals surface area contributed by atoms with Crippen LogP contribution in [0.25, 0.3) is 0 Å². The smallest absolute Gasteiger partial charge is 0.157 e. The molecule has 0 spiro atoms. The van der Waals surface area contributed by atoms with Crippen LogP contribution in [0.1, 0.15) is 5.56 Å². The highest BCUT2D eigenvalue weighted by molar-refractivity contribution is 9.10. The zero-order valence-electron chi connectivity index (χ0n) is 8.65. The molecular formula is C11H10BrFN2O. The Morgan fingerprint density at radius 2 is 2.31 bits per heavy atom. The molecule has 84 valence electrons. The van der Waals surface area contributed by atoms with Gasteiger partial charge in [0.1, 0.15) is 12.4 Å². The van der Waals surface area contributed by atoms with Gasteiger partial charge in [0.25, 0.3) is 0 Å². The van der Waals surface area contributed by atoms with Crippen molar-refractivity contribution in [2.24, 2.45) is 7.05 Å². The standard InChI is InChI=1S/C11H10BrFN2O/c1-15-6-9(5-14-15)16-7-8-3-2-4-10(13)11(8)12/h2-6H,7H2,1H3. The van der Waals surface area contributed by atoms with Gasteiger partial charge in [0.05, 0.1) is 16.9 Å². The second kappa shape index (κ2) is 4.65. The summed E-state index contributed by atoms with van der Waals surface area (Å²) in [6, 6.07) is 4.86. The molecule has 16 heavy (non-hydrogen) atoms. The van der Waals surface area contributed by atoms with Crippen LogP contribution in [0, 0.1) is 5.82 Å². The summed E-state index contributed by atoms with van der Waals surface area (Å²) < 4.78 is 20.8. The number of nitrogens with zero attached hydrogens (tertiary/aromatic N) is 2. The normalized spacial score (nSPS) is 10.4. The van der Waals surface area contributed by atoms with Gasteiger partial charge in [-0.1, -0.05) is 12.1 Å². The van der Waals surface area contributed by atoms with Gasteiger partial charge in [-0.05, 0) is 22.0 Å². The molecule has 0 atom stereocenters. The highest BCUT2D eigenvalue weighted by atomic mass is 79.9. The molecule has 0 saturated carbocycles. The van der Waals surface area contributed by atoms with Gasteiger partial charge in [0.2, 0.25) is 0 Å². The average molecular weight is 285 g/mol. The fraction of sp³-hybridized carbons (Fsp3) is 0.182. The topological polar surface area (TPSA) is 27.1 Å². The summed E-state index contributed by atoms with van der Waals surface area (Å²) in [5.41, 5.74) is 0.767. The van der Waals surface area contributed by atoms with E-state index in [2.05, 4.69) is 21.0 Å². The first-order chi connectivity index (χ1) is 7.66. The lowest BCUT2D eigenvalue weighted by molar-refractivity contribution is 0.304. The number of benzene rings is 1. The lowest BCUT2D eigenvalue weighted by Crippen LogP contribution is -1.97. The number of aryl methyl sites for hydroxylation is 1. The van der Waals surface area contributed by atoms with Crippen molar-refractivity contribution in [3.63, 3.8) is 0 Å². The summed E-state index contributed by atoms with van der Waals surface area (Å²) in [5, 5.41) is 3.97. The molecule has 0 saturated heterocycles. The number of ether oxygens (including phenoxy) is 1. The Hall–Kier alpha value is -1.36. The lowest BCUT2D eigenvalue weighted by Gasteiger charge is -2.06. The van der Waals surface area contributed by atoms with E-state index in [-0.39, 0.29) is 5.82 Å². The van der Waals surface area contributed by atoms with Crippen LogP contribution in [-0.4, -0.2) is 9.78 Å². The zero-order valence-corrected chi connectivity index (χ0v) is 10.2. The molecular weight excluding hydrogens is 275 g/mol. The summed E-state index contributed by atoms with van der Waals surface area (Å²) >= 11 is 3.18. The van der Waals surface area contributed by atoms with Crippen LogP contribution in [0.3, 0.4) is 0 Å². The van der Waals surface area contributed by atoms with E-state index in [0.29, 0.717) is 16.8 Å². The number of rotatable bonds is 3. The van der Waals surface area contributed by atoms with Gasteiger partial charge >= 0.3 is 0 Å². The number of halogens is 2. The summed E-state index contributed by atoms with van der Waals surface area (Å²) in [6.45, 7) is 0.310. The molecule has 0 N–H and O–H groups in total. The SMILES string of the molecule is Cn1cc(OCc2cccc(F)c2Br)cn1. The van der Waals surface area contributed by atoms with Crippen LogP contribution in [0.5, 0.6) is 5.75 Å². The molecule has 0 fully saturated rings. The van der Waals surface area contributed by atoms with Crippen molar-refractivity contribution < 1.29 is 9.13 Å². The highest BCUT2D eigenvalue weighted by Gasteiger charge is 2.06. The largest absolute Gasteiger partial charge is 0.486 e. The molecule has 1 aromatic heterocycles. The maximum atomic E-state index is 13.2. The second-order valence-electron chi connectivity index (χ2n) is 3.35. The Balaban J connectivity index is 2.07. The molecule has 3 nitrogen and oxygen atoms in total. The van der Waals surface area contributed by atoms with Gasteiger partial charge in [-0.3, -0.25) is 4.68 Å². The van der Waals surface area contributed by atoms with Crippen LogP contribution >= 0.6 is 15.9 Å². The molecule has 0 radical (unpaired) electrons. The van der Waals surface area contributed by atoms with Gasteiger partial charge in [0, 0.05) is 12.6 Å². The minimum absolute atomic E-state index is 0.285. The van der Waals surface area contributed by atoms with E-state index in [4.69, 9.17) is 4.74 Å². The zero-order chi connectivity index (χ0) is 11.5. The molecule has 1 heterocycles. The molecule has 0 aliphatic heterocycles. The van der Waals surface area contributed by atoms with E-state index in [1.54, 1.807) is 23.1 Å². The van der Waals surface area contributed by atoms with E-state index < -0.39 is 0 Å². The van der Waals surface area contributed by atoms with E-state index >= 15 is 0 Å². The van der Waals surface area contributed by atoms with Gasteiger partial charge in [-0.25, -0.2) is 4.39 Å². The Morgan fingerprint density at radius 1 is 1.50 bits per heavy atom. The van der Waals surface area contributed by atoms with Crippen molar-refractivity contribution in [2.75, 3.05) is 0 Å². The first-order valence-electron chi connectivity index (χ1n) is 4.71. The Bertz CT molecular complexity index is 498. The summed E-state index contributed by atoms with van der Waals surface area (Å²) in [5.74, 6) is 0.381. The maximum Gasteiger partial charge on any atom is 0.157 e. The first kappa shape index (κ1) is 11.1. The number of hydrogen-bond donors (Lipinski definition) is 0. The molecule has 5 heteroatoms. The molecule has 0 bridgehead atoms. The van der Waals surface area contributed by atoms with Crippen molar-refractivity contribution in [3.05, 3.63) is 46.4 Å². The molecule has 0 amide bonds. The van der Waals surface area contributed by atoms with Crippen molar-refractivity contribution in [2.45, 2.75) is 6.61 Å². The Kier molecular flexibility index (Phi) is 3.24. The van der Waals surface area contributed by atoms with Gasteiger partial charge in [-0.15, -0.1) is 0 Å². The maximum absolute atomic E-state index is 13.2. The fourth-order valence-corrected chi connectivity index (χ4v) is 1.67. The van der Waals surface area contributed by atoms with Crippen molar-refractivity contribution in [3.8, 4) is 5.75 Å². The number of hydrogen-bond acceptors (Lipinski definition) is 2. The molecule has 0 unspecified atom stereocenters.